The molecule has 2 atom stereocenters. The standard InChI is InChI=1S/C25H31N3O3/c1-18(6-5-9-21(29)30)12-17-28-23(20-7-3-2-4-8-20)22(19-10-15-26-16-11-19)27-24(28)25(31)13-14-25/h2-4,7,10-11,15-16,18,20,31H,5-6,8-9,12-14,17H2,1H3,(H,29,30)/t18?,20-/m0/s1. The van der Waals surface area contributed by atoms with E-state index in [1.165, 1.54) is 0 Å². The SMILES string of the molecule is CC(CCCC(=O)O)CCn1c(C2(O)CC2)nc(-c2ccncc2)c1[C@H]1C=CC=CC1. The molecule has 4 rings (SSSR count). The van der Waals surface area contributed by atoms with Gasteiger partial charge in [0.2, 0.25) is 0 Å². The van der Waals surface area contributed by atoms with Crippen molar-refractivity contribution in [3.63, 3.8) is 0 Å². The zero-order valence-electron chi connectivity index (χ0n) is 18.1. The molecule has 0 aliphatic heterocycles. The lowest BCUT2D eigenvalue weighted by Gasteiger charge is -2.22. The summed E-state index contributed by atoms with van der Waals surface area (Å²) < 4.78 is 2.25. The summed E-state index contributed by atoms with van der Waals surface area (Å²) >= 11 is 0. The second-order valence-corrected chi connectivity index (χ2v) is 8.92. The van der Waals surface area contributed by atoms with E-state index in [1.807, 2.05) is 12.1 Å². The maximum absolute atomic E-state index is 11.0. The molecular weight excluding hydrogens is 390 g/mol. The number of hydrogen-bond donors (Lipinski definition) is 2. The Morgan fingerprint density at radius 1 is 1.26 bits per heavy atom. The molecule has 0 bridgehead atoms. The van der Waals surface area contributed by atoms with E-state index < -0.39 is 11.6 Å². The number of pyridine rings is 1. The van der Waals surface area contributed by atoms with Crippen LogP contribution in [0.25, 0.3) is 11.3 Å². The Morgan fingerprint density at radius 3 is 2.68 bits per heavy atom. The quantitative estimate of drug-likeness (QED) is 0.575. The zero-order valence-corrected chi connectivity index (χ0v) is 18.1. The minimum Gasteiger partial charge on any atom is -0.481 e. The van der Waals surface area contributed by atoms with Crippen molar-refractivity contribution in [3.8, 4) is 11.3 Å². The van der Waals surface area contributed by atoms with Gasteiger partial charge >= 0.3 is 5.97 Å². The van der Waals surface area contributed by atoms with Gasteiger partial charge in [0.05, 0.1) is 11.4 Å². The monoisotopic (exact) mass is 421 g/mol. The van der Waals surface area contributed by atoms with Gasteiger partial charge in [-0.2, -0.15) is 0 Å². The number of carboxylic acid groups (broad SMARTS) is 1. The Labute approximate surface area is 183 Å². The number of imidazole rings is 1. The maximum atomic E-state index is 11.0. The first-order valence-electron chi connectivity index (χ1n) is 11.3. The molecule has 31 heavy (non-hydrogen) atoms. The van der Waals surface area contributed by atoms with E-state index in [-0.39, 0.29) is 12.3 Å². The molecule has 0 saturated heterocycles. The van der Waals surface area contributed by atoms with E-state index >= 15 is 0 Å². The predicted molar refractivity (Wildman–Crippen MR) is 119 cm³/mol. The van der Waals surface area contributed by atoms with Crippen LogP contribution in [-0.4, -0.2) is 30.7 Å². The van der Waals surface area contributed by atoms with Crippen LogP contribution in [0.15, 0.2) is 48.8 Å². The Morgan fingerprint density at radius 2 is 2.03 bits per heavy atom. The van der Waals surface area contributed by atoms with Crippen molar-refractivity contribution in [2.24, 2.45) is 5.92 Å². The smallest absolute Gasteiger partial charge is 0.303 e. The highest BCUT2D eigenvalue weighted by Gasteiger charge is 2.47. The highest BCUT2D eigenvalue weighted by molar-refractivity contribution is 5.66. The van der Waals surface area contributed by atoms with Crippen molar-refractivity contribution in [2.75, 3.05) is 0 Å². The number of allylic oxidation sites excluding steroid dienone is 4. The van der Waals surface area contributed by atoms with Gasteiger partial charge in [0.15, 0.2) is 0 Å². The van der Waals surface area contributed by atoms with Crippen molar-refractivity contribution >= 4 is 5.97 Å². The van der Waals surface area contributed by atoms with E-state index in [4.69, 9.17) is 10.1 Å². The van der Waals surface area contributed by atoms with Gasteiger partial charge in [-0.05, 0) is 50.2 Å². The largest absolute Gasteiger partial charge is 0.481 e. The Kier molecular flexibility index (Phi) is 6.37. The van der Waals surface area contributed by atoms with Crippen molar-refractivity contribution in [1.82, 2.24) is 14.5 Å². The number of carbonyl (C=O) groups is 1. The molecule has 0 radical (unpaired) electrons. The van der Waals surface area contributed by atoms with Crippen molar-refractivity contribution in [1.29, 1.82) is 0 Å². The highest BCUT2D eigenvalue weighted by atomic mass is 16.4. The normalized spacial score (nSPS) is 20.0. The Balaban J connectivity index is 1.66. The van der Waals surface area contributed by atoms with E-state index in [1.54, 1.807) is 12.4 Å². The summed E-state index contributed by atoms with van der Waals surface area (Å²) in [6.45, 7) is 2.95. The number of aromatic nitrogens is 3. The number of hydrogen-bond acceptors (Lipinski definition) is 4. The number of carboxylic acids is 1. The number of aliphatic hydroxyl groups is 1. The van der Waals surface area contributed by atoms with Crippen molar-refractivity contribution in [3.05, 3.63) is 60.3 Å². The molecule has 2 aliphatic carbocycles. The fourth-order valence-electron chi connectivity index (χ4n) is 4.37. The molecule has 6 heteroatoms. The van der Waals surface area contributed by atoms with Crippen LogP contribution < -0.4 is 0 Å². The molecule has 2 aliphatic rings. The summed E-state index contributed by atoms with van der Waals surface area (Å²) in [6, 6.07) is 3.96. The summed E-state index contributed by atoms with van der Waals surface area (Å²) in [4.78, 5) is 20.0. The van der Waals surface area contributed by atoms with Crippen molar-refractivity contribution in [2.45, 2.75) is 69.9 Å². The minimum atomic E-state index is -0.833. The van der Waals surface area contributed by atoms with Crippen LogP contribution in [0, 0.1) is 5.92 Å². The molecule has 0 spiro atoms. The number of aliphatic carboxylic acids is 1. The van der Waals surface area contributed by atoms with Crippen LogP contribution >= 0.6 is 0 Å². The first-order valence-corrected chi connectivity index (χ1v) is 11.3. The summed E-state index contributed by atoms with van der Waals surface area (Å²) in [5.41, 5.74) is 2.27. The van der Waals surface area contributed by atoms with Crippen LogP contribution in [0.2, 0.25) is 0 Å². The van der Waals surface area contributed by atoms with Gasteiger partial charge in [-0.1, -0.05) is 37.6 Å². The molecule has 0 aromatic carbocycles. The molecule has 2 aromatic rings. The molecule has 6 nitrogen and oxygen atoms in total. The van der Waals surface area contributed by atoms with E-state index in [2.05, 4.69) is 40.8 Å². The Bertz CT molecular complexity index is 973. The lowest BCUT2D eigenvalue weighted by atomic mass is 9.93. The topological polar surface area (TPSA) is 88.2 Å². The average Bonchev–Trinajstić information content (AvgIpc) is 3.40. The fourth-order valence-corrected chi connectivity index (χ4v) is 4.37. The molecule has 2 aromatic heterocycles. The lowest BCUT2D eigenvalue weighted by molar-refractivity contribution is -0.137. The van der Waals surface area contributed by atoms with Gasteiger partial charge in [-0.25, -0.2) is 4.98 Å². The van der Waals surface area contributed by atoms with Gasteiger partial charge in [0.1, 0.15) is 11.4 Å². The first-order chi connectivity index (χ1) is 15.0. The summed E-state index contributed by atoms with van der Waals surface area (Å²) in [5, 5.41) is 19.9. The van der Waals surface area contributed by atoms with Crippen LogP contribution in [-0.2, 0) is 16.9 Å². The maximum Gasteiger partial charge on any atom is 0.303 e. The van der Waals surface area contributed by atoms with E-state index in [0.717, 1.165) is 61.4 Å². The van der Waals surface area contributed by atoms with Gasteiger partial charge in [0, 0.05) is 36.8 Å². The van der Waals surface area contributed by atoms with Gasteiger partial charge in [0.25, 0.3) is 0 Å². The third kappa shape index (κ3) is 4.96. The molecule has 164 valence electrons. The van der Waals surface area contributed by atoms with Gasteiger partial charge < -0.3 is 14.8 Å². The van der Waals surface area contributed by atoms with Gasteiger partial charge in [-0.3, -0.25) is 9.78 Å². The third-order valence-corrected chi connectivity index (χ3v) is 6.37. The average molecular weight is 422 g/mol. The highest BCUT2D eigenvalue weighted by Crippen LogP contribution is 2.47. The number of rotatable bonds is 10. The first kappa shape index (κ1) is 21.5. The second-order valence-electron chi connectivity index (χ2n) is 8.92. The molecule has 0 amide bonds. The van der Waals surface area contributed by atoms with E-state index in [9.17, 15) is 9.90 Å². The lowest BCUT2D eigenvalue weighted by Crippen LogP contribution is -2.18. The van der Waals surface area contributed by atoms with Crippen LogP contribution in [0.5, 0.6) is 0 Å². The molecule has 1 fully saturated rings. The Hall–Kier alpha value is -2.73. The van der Waals surface area contributed by atoms with Crippen LogP contribution in [0.4, 0.5) is 0 Å². The minimum absolute atomic E-state index is 0.207. The molecular formula is C25H31N3O3. The molecule has 1 unspecified atom stereocenters. The zero-order chi connectivity index (χ0) is 21.8. The van der Waals surface area contributed by atoms with Crippen LogP contribution in [0.3, 0.4) is 0 Å². The second kappa shape index (κ2) is 9.18. The summed E-state index contributed by atoms with van der Waals surface area (Å²) in [5.74, 6) is 0.651. The summed E-state index contributed by atoms with van der Waals surface area (Å²) in [7, 11) is 0. The molecule has 1 saturated carbocycles. The number of nitrogens with zero attached hydrogens (tertiary/aromatic N) is 3. The molecule has 2 N–H and O–H groups in total. The van der Waals surface area contributed by atoms with E-state index in [0.29, 0.717) is 12.3 Å². The third-order valence-electron chi connectivity index (χ3n) is 6.37. The predicted octanol–water partition coefficient (Wildman–Crippen LogP) is 4.81. The van der Waals surface area contributed by atoms with Gasteiger partial charge in [-0.15, -0.1) is 0 Å². The fraction of sp³-hybridized carbons (Fsp3) is 0.480. The summed E-state index contributed by atoms with van der Waals surface area (Å²) in [6.07, 6.45) is 17.2. The van der Waals surface area contributed by atoms with Crippen molar-refractivity contribution < 1.29 is 15.0 Å². The molecule has 2 heterocycles. The van der Waals surface area contributed by atoms with Crippen LogP contribution in [0.1, 0.15) is 69.3 Å².